The second-order valence-electron chi connectivity index (χ2n) is 2.38. The number of nitriles is 1. The molecule has 0 radical (unpaired) electrons. The second-order valence-corrected chi connectivity index (χ2v) is 3.88. The van der Waals surface area contributed by atoms with Crippen LogP contribution in [-0.4, -0.2) is 4.89 Å². The van der Waals surface area contributed by atoms with E-state index < -0.39 is 7.60 Å². The van der Waals surface area contributed by atoms with E-state index in [-0.39, 0.29) is 26.9 Å². The first kappa shape index (κ1) is 13.5. The molecule has 1 aromatic rings. The van der Waals surface area contributed by atoms with Gasteiger partial charge in [0.15, 0.2) is 5.81 Å². The third-order valence-electron chi connectivity index (χ3n) is 1.38. The fourth-order valence-electron chi connectivity index (χ4n) is 0.765. The Hall–Kier alpha value is -0.543. The van der Waals surface area contributed by atoms with Gasteiger partial charge >= 0.3 is 26.5 Å². The molecule has 14 heavy (non-hydrogen) atoms. The summed E-state index contributed by atoms with van der Waals surface area (Å²) in [6, 6.07) is 8.89. The molecule has 1 rings (SSSR count). The van der Waals surface area contributed by atoms with Crippen LogP contribution in [0.25, 0.3) is 0 Å². The minimum Gasteiger partial charge on any atom is -1.00 e. The van der Waals surface area contributed by atoms with E-state index in [0.29, 0.717) is 0 Å². The van der Waals surface area contributed by atoms with E-state index >= 15 is 0 Å². The third-order valence-corrected chi connectivity index (χ3v) is 2.11. The molecule has 1 aromatic carbocycles. The van der Waals surface area contributed by atoms with Crippen LogP contribution in [0.3, 0.4) is 0 Å². The van der Waals surface area contributed by atoms with Gasteiger partial charge in [0.1, 0.15) is 0 Å². The minimum atomic E-state index is -4.03. The zero-order valence-corrected chi connectivity index (χ0v) is 8.65. The van der Waals surface area contributed by atoms with E-state index in [1.165, 1.54) is 5.81 Å². The fourth-order valence-corrected chi connectivity index (χ4v) is 1.15. The Morgan fingerprint density at radius 1 is 1.50 bits per heavy atom. The van der Waals surface area contributed by atoms with Crippen LogP contribution in [-0.2, 0) is 15.7 Å². The van der Waals surface area contributed by atoms with Gasteiger partial charge in [0, 0.05) is 0 Å². The SMILES string of the molecule is N#CP(=O)(O)OCc1ccccc1.[H-].[Li+]. The van der Waals surface area contributed by atoms with Gasteiger partial charge in [-0.05, 0) is 5.56 Å². The van der Waals surface area contributed by atoms with Crippen molar-refractivity contribution < 1.29 is 34.3 Å². The van der Waals surface area contributed by atoms with Gasteiger partial charge < -0.3 is 6.32 Å². The summed E-state index contributed by atoms with van der Waals surface area (Å²) in [5, 5.41) is 8.18. The molecule has 1 atom stereocenters. The Morgan fingerprint density at radius 2 is 2.07 bits per heavy atom. The molecule has 6 heteroatoms. The average molecular weight is 205 g/mol. The van der Waals surface area contributed by atoms with Crippen LogP contribution in [0, 0.1) is 11.1 Å². The summed E-state index contributed by atoms with van der Waals surface area (Å²) in [6.07, 6.45) is 0. The largest absolute Gasteiger partial charge is 1.00 e. The molecule has 0 saturated heterocycles. The first-order valence-corrected chi connectivity index (χ1v) is 5.14. The molecular formula is C8H9LiNO3P. The second kappa shape index (κ2) is 6.04. The van der Waals surface area contributed by atoms with E-state index in [1.807, 2.05) is 6.07 Å². The monoisotopic (exact) mass is 205 g/mol. The van der Waals surface area contributed by atoms with Gasteiger partial charge in [-0.25, -0.2) is 4.57 Å². The van der Waals surface area contributed by atoms with E-state index in [9.17, 15) is 4.57 Å². The molecule has 1 N–H and O–H groups in total. The van der Waals surface area contributed by atoms with Crippen molar-refractivity contribution in [2.45, 2.75) is 6.61 Å². The van der Waals surface area contributed by atoms with Crippen molar-refractivity contribution >= 4 is 7.60 Å². The predicted molar refractivity (Wildman–Crippen MR) is 47.8 cm³/mol. The Labute approximate surface area is 95.7 Å². The standard InChI is InChI=1S/C8H8NO3P.Li.H/c9-7-13(10,11)12-6-8-4-2-1-3-5-8;;/h1-5H,6H2,(H,10,11);;/q;+1;-1. The number of hydrogen-bond acceptors (Lipinski definition) is 3. The van der Waals surface area contributed by atoms with Gasteiger partial charge in [0.2, 0.25) is 0 Å². The first-order chi connectivity index (χ1) is 6.14. The van der Waals surface area contributed by atoms with E-state index in [2.05, 4.69) is 4.52 Å². The van der Waals surface area contributed by atoms with Gasteiger partial charge in [-0.2, -0.15) is 5.26 Å². The topological polar surface area (TPSA) is 70.3 Å². The molecule has 0 aliphatic rings. The normalized spacial score (nSPS) is 13.4. The quantitative estimate of drug-likeness (QED) is 0.506. The summed E-state index contributed by atoms with van der Waals surface area (Å²) in [4.78, 5) is 8.76. The van der Waals surface area contributed by atoms with Crippen LogP contribution in [0.1, 0.15) is 6.99 Å². The van der Waals surface area contributed by atoms with Crippen molar-refractivity contribution in [2.75, 3.05) is 0 Å². The van der Waals surface area contributed by atoms with Crippen molar-refractivity contribution in [1.29, 1.82) is 5.26 Å². The zero-order valence-electron chi connectivity index (χ0n) is 8.75. The van der Waals surface area contributed by atoms with Crippen LogP contribution in [0.15, 0.2) is 30.3 Å². The Kier molecular flexibility index (Phi) is 5.80. The van der Waals surface area contributed by atoms with Crippen molar-refractivity contribution in [1.82, 2.24) is 0 Å². The molecule has 0 saturated carbocycles. The van der Waals surface area contributed by atoms with Crippen LogP contribution in [0.5, 0.6) is 0 Å². The summed E-state index contributed by atoms with van der Waals surface area (Å²) >= 11 is 0. The molecule has 0 aliphatic heterocycles. The van der Waals surface area contributed by atoms with Gasteiger partial charge in [0.25, 0.3) is 0 Å². The van der Waals surface area contributed by atoms with Crippen LogP contribution in [0.2, 0.25) is 0 Å². The maximum absolute atomic E-state index is 10.7. The summed E-state index contributed by atoms with van der Waals surface area (Å²) in [5.74, 6) is 1.20. The van der Waals surface area contributed by atoms with E-state index in [0.717, 1.165) is 5.56 Å². The van der Waals surface area contributed by atoms with Gasteiger partial charge in [-0.15, -0.1) is 0 Å². The van der Waals surface area contributed by atoms with Crippen LogP contribution < -0.4 is 18.9 Å². The summed E-state index contributed by atoms with van der Waals surface area (Å²) in [6.45, 7) is -0.0256. The Balaban J connectivity index is 0. The molecule has 1 unspecified atom stereocenters. The van der Waals surface area contributed by atoms with Gasteiger partial charge in [-0.1, -0.05) is 30.3 Å². The Bertz CT molecular complexity index is 368. The number of benzene rings is 1. The number of hydrogen-bond donors (Lipinski definition) is 1. The molecule has 0 aliphatic carbocycles. The smallest absolute Gasteiger partial charge is 1.00 e. The maximum Gasteiger partial charge on any atom is 1.00 e. The third kappa shape index (κ3) is 4.63. The average Bonchev–Trinajstić information content (AvgIpc) is 2.17. The number of nitrogens with zero attached hydrogens (tertiary/aromatic N) is 1. The van der Waals surface area contributed by atoms with Gasteiger partial charge in [0.05, 0.1) is 6.61 Å². The number of rotatable bonds is 3. The summed E-state index contributed by atoms with van der Waals surface area (Å²) < 4.78 is 15.2. The molecule has 0 spiro atoms. The van der Waals surface area contributed by atoms with Crippen molar-refractivity contribution in [2.24, 2.45) is 0 Å². The zero-order chi connectivity index (χ0) is 9.73. The molecule has 0 aromatic heterocycles. The van der Waals surface area contributed by atoms with E-state index in [4.69, 9.17) is 10.2 Å². The first-order valence-electron chi connectivity index (χ1n) is 3.57. The van der Waals surface area contributed by atoms with Crippen molar-refractivity contribution in [3.8, 4) is 5.81 Å². The molecular weight excluding hydrogens is 196 g/mol. The molecule has 0 heterocycles. The van der Waals surface area contributed by atoms with Crippen LogP contribution >= 0.6 is 7.60 Å². The molecule has 0 bridgehead atoms. The molecule has 70 valence electrons. The van der Waals surface area contributed by atoms with Crippen molar-refractivity contribution in [3.63, 3.8) is 0 Å². The maximum atomic E-state index is 10.7. The minimum absolute atomic E-state index is 0. The summed E-state index contributed by atoms with van der Waals surface area (Å²) in [5.41, 5.74) is 0.757. The van der Waals surface area contributed by atoms with Crippen LogP contribution in [0.4, 0.5) is 0 Å². The van der Waals surface area contributed by atoms with Gasteiger partial charge in [-0.3, -0.25) is 4.52 Å². The summed E-state index contributed by atoms with van der Waals surface area (Å²) in [7, 11) is -4.03. The molecule has 4 nitrogen and oxygen atoms in total. The Morgan fingerprint density at radius 3 is 2.57 bits per heavy atom. The molecule has 0 amide bonds. The van der Waals surface area contributed by atoms with Crippen molar-refractivity contribution in [3.05, 3.63) is 35.9 Å². The predicted octanol–water partition coefficient (Wildman–Crippen LogP) is -1.01. The fraction of sp³-hybridized carbons (Fsp3) is 0.125. The molecule has 0 fully saturated rings. The van der Waals surface area contributed by atoms with E-state index in [1.54, 1.807) is 24.3 Å².